The molecule has 6 heteroatoms. The summed E-state index contributed by atoms with van der Waals surface area (Å²) < 4.78 is 0. The minimum absolute atomic E-state index is 0.0321. The average Bonchev–Trinajstić information content (AvgIpc) is 2.68. The molecular weight excluding hydrogens is 364 g/mol. The lowest BCUT2D eigenvalue weighted by Gasteiger charge is -2.37. The zero-order valence-corrected chi connectivity index (χ0v) is 15.8. The number of hydrogen-bond acceptors (Lipinski definition) is 4. The van der Waals surface area contributed by atoms with Crippen molar-refractivity contribution in [3.05, 3.63) is 70.7 Å². The largest absolute Gasteiger partial charge is 0.480 e. The van der Waals surface area contributed by atoms with Gasteiger partial charge in [-0.2, -0.15) is 0 Å². The summed E-state index contributed by atoms with van der Waals surface area (Å²) >= 11 is 5.85. The van der Waals surface area contributed by atoms with Crippen molar-refractivity contribution in [2.24, 2.45) is 0 Å². The van der Waals surface area contributed by atoms with Crippen LogP contribution in [-0.2, 0) is 11.3 Å². The van der Waals surface area contributed by atoms with E-state index in [9.17, 15) is 14.7 Å². The zero-order valence-electron chi connectivity index (χ0n) is 15.1. The Hall–Kier alpha value is -2.21. The van der Waals surface area contributed by atoms with Crippen LogP contribution < -0.4 is 0 Å². The molecule has 3 rings (SSSR count). The minimum atomic E-state index is -0.950. The van der Waals surface area contributed by atoms with Crippen molar-refractivity contribution in [3.63, 3.8) is 0 Å². The molecule has 0 spiro atoms. The van der Waals surface area contributed by atoms with Gasteiger partial charge in [0.2, 0.25) is 0 Å². The highest BCUT2D eigenvalue weighted by molar-refractivity contribution is 6.30. The van der Waals surface area contributed by atoms with Gasteiger partial charge in [-0.25, -0.2) is 0 Å². The van der Waals surface area contributed by atoms with Gasteiger partial charge in [-0.3, -0.25) is 19.4 Å². The van der Waals surface area contributed by atoms with Gasteiger partial charge in [0.05, 0.1) is 0 Å². The molecule has 2 aromatic carbocycles. The maximum Gasteiger partial charge on any atom is 0.321 e. The Morgan fingerprint density at radius 1 is 0.963 bits per heavy atom. The number of carbonyl (C=O) groups excluding carboxylic acids is 1. The lowest BCUT2D eigenvalue weighted by molar-refractivity contribution is -0.144. The van der Waals surface area contributed by atoms with E-state index in [1.54, 1.807) is 24.3 Å². The Balaban J connectivity index is 1.57. The van der Waals surface area contributed by atoms with Crippen LogP contribution in [0.2, 0.25) is 5.02 Å². The van der Waals surface area contributed by atoms with Crippen LogP contribution in [0.5, 0.6) is 0 Å². The van der Waals surface area contributed by atoms with Crippen LogP contribution in [0, 0.1) is 0 Å². The van der Waals surface area contributed by atoms with Crippen LogP contribution in [0.4, 0.5) is 0 Å². The van der Waals surface area contributed by atoms with Crippen molar-refractivity contribution < 1.29 is 14.7 Å². The van der Waals surface area contributed by atoms with E-state index < -0.39 is 12.0 Å². The Morgan fingerprint density at radius 3 is 2.19 bits per heavy atom. The molecule has 0 radical (unpaired) electrons. The Labute approximate surface area is 164 Å². The van der Waals surface area contributed by atoms with E-state index in [0.717, 1.165) is 19.6 Å². The summed E-state index contributed by atoms with van der Waals surface area (Å²) in [5.74, 6) is -1.13. The number of nitrogens with zero attached hydrogens (tertiary/aromatic N) is 2. The molecule has 27 heavy (non-hydrogen) atoms. The van der Waals surface area contributed by atoms with Crippen molar-refractivity contribution in [2.45, 2.75) is 19.0 Å². The number of carboxylic acid groups (broad SMARTS) is 1. The highest BCUT2D eigenvalue weighted by Crippen LogP contribution is 2.17. The van der Waals surface area contributed by atoms with Gasteiger partial charge in [0.15, 0.2) is 5.78 Å². The van der Waals surface area contributed by atoms with E-state index in [1.807, 2.05) is 23.1 Å². The Kier molecular flexibility index (Phi) is 6.61. The summed E-state index contributed by atoms with van der Waals surface area (Å²) in [6.07, 6.45) is -0.0321. The van der Waals surface area contributed by atoms with Gasteiger partial charge in [-0.1, -0.05) is 41.9 Å². The molecule has 0 amide bonds. The van der Waals surface area contributed by atoms with Crippen LogP contribution in [0.3, 0.4) is 0 Å². The fraction of sp³-hybridized carbons (Fsp3) is 0.333. The first-order chi connectivity index (χ1) is 13.0. The molecule has 1 heterocycles. The van der Waals surface area contributed by atoms with E-state index in [-0.39, 0.29) is 12.2 Å². The maximum atomic E-state index is 12.5. The van der Waals surface area contributed by atoms with Crippen LogP contribution in [-0.4, -0.2) is 58.9 Å². The van der Waals surface area contributed by atoms with Crippen LogP contribution in [0.15, 0.2) is 54.6 Å². The normalized spacial score (nSPS) is 16.8. The fourth-order valence-electron chi connectivity index (χ4n) is 3.38. The number of Topliss-reactive ketones (excluding diaryl/α,β-unsaturated/α-hetero) is 1. The lowest BCUT2D eigenvalue weighted by Crippen LogP contribution is -2.52. The molecule has 1 N–H and O–H groups in total. The van der Waals surface area contributed by atoms with Crippen molar-refractivity contribution >= 4 is 23.4 Å². The SMILES string of the molecule is O=C(C[C@H](C(=O)O)N1CCN(Cc2ccccc2)CC1)c1ccc(Cl)cc1. The second-order valence-electron chi connectivity index (χ2n) is 6.79. The molecule has 1 saturated heterocycles. The summed E-state index contributed by atoms with van der Waals surface area (Å²) in [5, 5.41) is 10.2. The Morgan fingerprint density at radius 2 is 1.59 bits per heavy atom. The topological polar surface area (TPSA) is 60.9 Å². The number of hydrogen-bond donors (Lipinski definition) is 1. The van der Waals surface area contributed by atoms with Crippen molar-refractivity contribution in [1.29, 1.82) is 0 Å². The molecule has 0 saturated carbocycles. The van der Waals surface area contributed by atoms with Crippen molar-refractivity contribution in [3.8, 4) is 0 Å². The summed E-state index contributed by atoms with van der Waals surface area (Å²) in [5.41, 5.74) is 1.74. The fourth-order valence-corrected chi connectivity index (χ4v) is 3.50. The minimum Gasteiger partial charge on any atom is -0.480 e. The first-order valence-electron chi connectivity index (χ1n) is 9.05. The van der Waals surface area contributed by atoms with Gasteiger partial charge in [0.25, 0.3) is 0 Å². The molecule has 142 valence electrons. The molecule has 5 nitrogen and oxygen atoms in total. The molecule has 1 atom stereocenters. The summed E-state index contributed by atoms with van der Waals surface area (Å²) in [4.78, 5) is 28.5. The van der Waals surface area contributed by atoms with Crippen LogP contribution in [0.25, 0.3) is 0 Å². The smallest absolute Gasteiger partial charge is 0.321 e. The predicted octanol–water partition coefficient (Wildman–Crippen LogP) is 3.18. The second kappa shape index (κ2) is 9.13. The molecule has 1 aliphatic heterocycles. The van der Waals surface area contributed by atoms with Gasteiger partial charge in [0, 0.05) is 49.7 Å². The van der Waals surface area contributed by atoms with E-state index in [1.165, 1.54) is 5.56 Å². The number of ketones is 1. The van der Waals surface area contributed by atoms with Crippen LogP contribution in [0.1, 0.15) is 22.3 Å². The molecule has 2 aromatic rings. The molecule has 0 aromatic heterocycles. The number of benzene rings is 2. The third-order valence-corrected chi connectivity index (χ3v) is 5.18. The molecule has 0 aliphatic carbocycles. The monoisotopic (exact) mass is 386 g/mol. The first kappa shape index (κ1) is 19.5. The van der Waals surface area contributed by atoms with Crippen LogP contribution >= 0.6 is 11.6 Å². The summed E-state index contributed by atoms with van der Waals surface area (Å²) in [7, 11) is 0. The third kappa shape index (κ3) is 5.39. The summed E-state index contributed by atoms with van der Waals surface area (Å²) in [6, 6.07) is 16.0. The molecule has 0 bridgehead atoms. The predicted molar refractivity (Wildman–Crippen MR) is 105 cm³/mol. The van der Waals surface area contributed by atoms with Gasteiger partial charge >= 0.3 is 5.97 Å². The van der Waals surface area contributed by atoms with Gasteiger partial charge < -0.3 is 5.11 Å². The van der Waals surface area contributed by atoms with Gasteiger partial charge in [0.1, 0.15) is 6.04 Å². The molecular formula is C21H23ClN2O3. The standard InChI is InChI=1S/C21H23ClN2O3/c22-18-8-6-17(7-9-18)20(25)14-19(21(26)27)24-12-10-23(11-13-24)15-16-4-2-1-3-5-16/h1-9,19H,10-15H2,(H,26,27)/t19-/m1/s1. The summed E-state index contributed by atoms with van der Waals surface area (Å²) in [6.45, 7) is 3.70. The van der Waals surface area contributed by atoms with Gasteiger partial charge in [-0.05, 0) is 29.8 Å². The van der Waals surface area contributed by atoms with E-state index in [0.29, 0.717) is 23.7 Å². The average molecular weight is 387 g/mol. The number of piperazine rings is 1. The zero-order chi connectivity index (χ0) is 19.2. The van der Waals surface area contributed by atoms with E-state index in [2.05, 4.69) is 17.0 Å². The molecule has 0 unspecified atom stereocenters. The highest BCUT2D eigenvalue weighted by Gasteiger charge is 2.31. The lowest BCUT2D eigenvalue weighted by atomic mass is 10.0. The maximum absolute atomic E-state index is 12.5. The quantitative estimate of drug-likeness (QED) is 0.740. The number of rotatable bonds is 7. The van der Waals surface area contributed by atoms with Crippen molar-refractivity contribution in [2.75, 3.05) is 26.2 Å². The molecule has 1 fully saturated rings. The number of halogens is 1. The number of aliphatic carboxylic acids is 1. The van der Waals surface area contributed by atoms with E-state index >= 15 is 0 Å². The Bertz CT molecular complexity index is 772. The van der Waals surface area contributed by atoms with Crippen molar-refractivity contribution in [1.82, 2.24) is 9.80 Å². The molecule has 1 aliphatic rings. The second-order valence-corrected chi connectivity index (χ2v) is 7.22. The number of carboxylic acids is 1. The number of carbonyl (C=O) groups is 2. The first-order valence-corrected chi connectivity index (χ1v) is 9.42. The van der Waals surface area contributed by atoms with Gasteiger partial charge in [-0.15, -0.1) is 0 Å². The third-order valence-electron chi connectivity index (χ3n) is 4.93. The highest BCUT2D eigenvalue weighted by atomic mass is 35.5. The van der Waals surface area contributed by atoms with E-state index in [4.69, 9.17) is 11.6 Å².